The van der Waals surface area contributed by atoms with Crippen LogP contribution in [0.4, 0.5) is 11.4 Å². The second kappa shape index (κ2) is 6.23. The van der Waals surface area contributed by atoms with Crippen LogP contribution in [0, 0.1) is 17.0 Å². The molecule has 0 aliphatic carbocycles. The molecule has 106 valence electrons. The molecule has 0 saturated carbocycles. The van der Waals surface area contributed by atoms with Gasteiger partial charge in [-0.05, 0) is 31.5 Å². The second-order valence-electron chi connectivity index (χ2n) is 4.75. The largest absolute Gasteiger partial charge is 0.379 e. The van der Waals surface area contributed by atoms with Crippen molar-refractivity contribution in [2.24, 2.45) is 0 Å². The summed E-state index contributed by atoms with van der Waals surface area (Å²) in [5.41, 5.74) is 2.81. The Morgan fingerprint density at radius 1 is 1.30 bits per heavy atom. The zero-order valence-electron chi connectivity index (χ0n) is 11.8. The summed E-state index contributed by atoms with van der Waals surface area (Å²) in [6, 6.07) is 9.19. The maximum Gasteiger partial charge on any atom is 0.274 e. The van der Waals surface area contributed by atoms with E-state index in [0.717, 1.165) is 18.7 Å². The highest BCUT2D eigenvalue weighted by Crippen LogP contribution is 2.25. The normalized spacial score (nSPS) is 10.5. The number of aromatic nitrogens is 1. The SMILES string of the molecule is CCCn1cccc1CNc1cccc([N+](=O)[O-])c1C. The molecule has 0 radical (unpaired) electrons. The Bertz CT molecular complexity index is 605. The summed E-state index contributed by atoms with van der Waals surface area (Å²) in [5, 5.41) is 14.2. The Hall–Kier alpha value is -2.30. The molecule has 2 rings (SSSR count). The Labute approximate surface area is 118 Å². The van der Waals surface area contributed by atoms with Crippen molar-refractivity contribution in [1.82, 2.24) is 4.57 Å². The zero-order chi connectivity index (χ0) is 14.5. The van der Waals surface area contributed by atoms with Gasteiger partial charge in [-0.3, -0.25) is 10.1 Å². The number of nitrogens with zero attached hydrogens (tertiary/aromatic N) is 2. The summed E-state index contributed by atoms with van der Waals surface area (Å²) >= 11 is 0. The van der Waals surface area contributed by atoms with E-state index in [1.54, 1.807) is 13.0 Å². The van der Waals surface area contributed by atoms with Gasteiger partial charge < -0.3 is 9.88 Å². The van der Waals surface area contributed by atoms with Crippen LogP contribution in [0.2, 0.25) is 0 Å². The molecule has 0 aliphatic heterocycles. The molecule has 0 amide bonds. The molecule has 1 N–H and O–H groups in total. The van der Waals surface area contributed by atoms with Gasteiger partial charge >= 0.3 is 0 Å². The average Bonchev–Trinajstić information content (AvgIpc) is 2.85. The van der Waals surface area contributed by atoms with Crippen molar-refractivity contribution < 1.29 is 4.92 Å². The van der Waals surface area contributed by atoms with Crippen LogP contribution in [0.15, 0.2) is 36.5 Å². The maximum absolute atomic E-state index is 10.9. The lowest BCUT2D eigenvalue weighted by atomic mass is 10.1. The number of hydrogen-bond donors (Lipinski definition) is 1. The van der Waals surface area contributed by atoms with Crippen LogP contribution in [0.1, 0.15) is 24.6 Å². The minimum Gasteiger partial charge on any atom is -0.379 e. The maximum atomic E-state index is 10.9. The average molecular weight is 273 g/mol. The lowest BCUT2D eigenvalue weighted by molar-refractivity contribution is -0.385. The predicted molar refractivity (Wildman–Crippen MR) is 79.9 cm³/mol. The first-order valence-electron chi connectivity index (χ1n) is 6.75. The summed E-state index contributed by atoms with van der Waals surface area (Å²) in [6.45, 7) is 5.56. The Balaban J connectivity index is 2.13. The third-order valence-electron chi connectivity index (χ3n) is 3.35. The fourth-order valence-electron chi connectivity index (χ4n) is 2.27. The molecule has 1 aromatic carbocycles. The summed E-state index contributed by atoms with van der Waals surface area (Å²) in [7, 11) is 0. The lowest BCUT2D eigenvalue weighted by Gasteiger charge is -2.12. The summed E-state index contributed by atoms with van der Waals surface area (Å²) in [6.07, 6.45) is 3.14. The van der Waals surface area contributed by atoms with Gasteiger partial charge in [-0.25, -0.2) is 0 Å². The quantitative estimate of drug-likeness (QED) is 0.644. The van der Waals surface area contributed by atoms with Crippen molar-refractivity contribution in [2.45, 2.75) is 33.4 Å². The van der Waals surface area contributed by atoms with Gasteiger partial charge in [0.25, 0.3) is 5.69 Å². The number of rotatable bonds is 6. The molecule has 0 aliphatic rings. The summed E-state index contributed by atoms with van der Waals surface area (Å²) < 4.78 is 2.19. The lowest BCUT2D eigenvalue weighted by Crippen LogP contribution is -2.08. The molecule has 0 unspecified atom stereocenters. The van der Waals surface area contributed by atoms with Crippen LogP contribution in [0.5, 0.6) is 0 Å². The monoisotopic (exact) mass is 273 g/mol. The number of aryl methyl sites for hydroxylation is 1. The first-order valence-corrected chi connectivity index (χ1v) is 6.75. The van der Waals surface area contributed by atoms with Crippen molar-refractivity contribution >= 4 is 11.4 Å². The highest BCUT2D eigenvalue weighted by molar-refractivity contribution is 5.59. The topological polar surface area (TPSA) is 60.1 Å². The van der Waals surface area contributed by atoms with Gasteiger partial charge in [-0.15, -0.1) is 0 Å². The van der Waals surface area contributed by atoms with Crippen molar-refractivity contribution in [2.75, 3.05) is 5.32 Å². The van der Waals surface area contributed by atoms with Gasteiger partial charge in [-0.1, -0.05) is 13.0 Å². The van der Waals surface area contributed by atoms with E-state index >= 15 is 0 Å². The van der Waals surface area contributed by atoms with E-state index in [-0.39, 0.29) is 10.6 Å². The highest BCUT2D eigenvalue weighted by Gasteiger charge is 2.13. The molecule has 1 aromatic heterocycles. The van der Waals surface area contributed by atoms with E-state index in [0.29, 0.717) is 12.1 Å². The third kappa shape index (κ3) is 2.99. The smallest absolute Gasteiger partial charge is 0.274 e. The molecule has 5 heteroatoms. The van der Waals surface area contributed by atoms with Gasteiger partial charge in [0.05, 0.1) is 11.5 Å². The van der Waals surface area contributed by atoms with Crippen molar-refractivity contribution in [3.63, 3.8) is 0 Å². The number of hydrogen-bond acceptors (Lipinski definition) is 3. The molecule has 0 fully saturated rings. The molecule has 0 saturated heterocycles. The number of nitro groups is 1. The minimum absolute atomic E-state index is 0.152. The third-order valence-corrected chi connectivity index (χ3v) is 3.35. The zero-order valence-corrected chi connectivity index (χ0v) is 11.8. The molecule has 0 atom stereocenters. The number of nitro benzene ring substituents is 1. The molecule has 0 spiro atoms. The van der Waals surface area contributed by atoms with Crippen LogP contribution in [-0.2, 0) is 13.1 Å². The van der Waals surface area contributed by atoms with Gasteiger partial charge in [0.1, 0.15) is 0 Å². The predicted octanol–water partition coefficient (Wildman–Crippen LogP) is 3.73. The Morgan fingerprint density at radius 2 is 2.10 bits per heavy atom. The molecule has 2 aromatic rings. The fourth-order valence-corrected chi connectivity index (χ4v) is 2.27. The van der Waals surface area contributed by atoms with Crippen LogP contribution in [0.25, 0.3) is 0 Å². The molecule has 20 heavy (non-hydrogen) atoms. The molecule has 5 nitrogen and oxygen atoms in total. The number of anilines is 1. The van der Waals surface area contributed by atoms with Crippen molar-refractivity contribution in [3.05, 3.63) is 57.9 Å². The second-order valence-corrected chi connectivity index (χ2v) is 4.75. The summed E-state index contributed by atoms with van der Waals surface area (Å²) in [5.74, 6) is 0. The van der Waals surface area contributed by atoms with E-state index in [9.17, 15) is 10.1 Å². The van der Waals surface area contributed by atoms with Crippen LogP contribution in [0.3, 0.4) is 0 Å². The minimum atomic E-state index is -0.347. The van der Waals surface area contributed by atoms with Crippen molar-refractivity contribution in [1.29, 1.82) is 0 Å². The van der Waals surface area contributed by atoms with Crippen molar-refractivity contribution in [3.8, 4) is 0 Å². The van der Waals surface area contributed by atoms with E-state index in [1.807, 2.05) is 12.1 Å². The number of benzene rings is 1. The van der Waals surface area contributed by atoms with E-state index in [1.165, 1.54) is 11.8 Å². The van der Waals surface area contributed by atoms with Gasteiger partial charge in [0.15, 0.2) is 0 Å². The van der Waals surface area contributed by atoms with Crippen LogP contribution in [-0.4, -0.2) is 9.49 Å². The Kier molecular flexibility index (Phi) is 4.40. The first-order chi connectivity index (χ1) is 9.63. The van der Waals surface area contributed by atoms with E-state index in [2.05, 4.69) is 29.1 Å². The van der Waals surface area contributed by atoms with Crippen LogP contribution < -0.4 is 5.32 Å². The fraction of sp³-hybridized carbons (Fsp3) is 0.333. The summed E-state index contributed by atoms with van der Waals surface area (Å²) in [4.78, 5) is 10.6. The van der Waals surface area contributed by atoms with Gasteiger partial charge in [0.2, 0.25) is 0 Å². The van der Waals surface area contributed by atoms with E-state index in [4.69, 9.17) is 0 Å². The standard InChI is InChI=1S/C15H19N3O2/c1-3-9-17-10-5-6-13(17)11-16-14-7-4-8-15(12(14)2)18(19)20/h4-8,10,16H,3,9,11H2,1-2H3. The van der Waals surface area contributed by atoms with Gasteiger partial charge in [-0.2, -0.15) is 0 Å². The van der Waals surface area contributed by atoms with Gasteiger partial charge in [0, 0.05) is 35.8 Å². The number of nitrogens with one attached hydrogen (secondary N) is 1. The molecule has 0 bridgehead atoms. The first kappa shape index (κ1) is 14.1. The van der Waals surface area contributed by atoms with E-state index < -0.39 is 0 Å². The highest BCUT2D eigenvalue weighted by atomic mass is 16.6. The Morgan fingerprint density at radius 3 is 2.80 bits per heavy atom. The van der Waals surface area contributed by atoms with Crippen LogP contribution >= 0.6 is 0 Å². The molecular formula is C15H19N3O2. The molecule has 1 heterocycles. The molecular weight excluding hydrogens is 254 g/mol.